The van der Waals surface area contributed by atoms with Crippen molar-refractivity contribution in [3.8, 4) is 0 Å². The molecule has 0 aliphatic rings. The van der Waals surface area contributed by atoms with Crippen LogP contribution in [-0.2, 0) is 12.8 Å². The third-order valence-electron chi connectivity index (χ3n) is 4.73. The number of halogens is 2. The first-order valence-corrected chi connectivity index (χ1v) is 9.85. The van der Waals surface area contributed by atoms with E-state index in [0.29, 0.717) is 27.4 Å². The van der Waals surface area contributed by atoms with Gasteiger partial charge in [0.1, 0.15) is 0 Å². The molecule has 2 atom stereocenters. The Balaban J connectivity index is 1.93. The van der Waals surface area contributed by atoms with Crippen LogP contribution in [0, 0.1) is 11.8 Å². The minimum atomic E-state index is -0.0124. The third kappa shape index (κ3) is 6.03. The van der Waals surface area contributed by atoms with Gasteiger partial charge >= 0.3 is 0 Å². The van der Waals surface area contributed by atoms with Crippen molar-refractivity contribution in [1.29, 1.82) is 0 Å². The van der Waals surface area contributed by atoms with Gasteiger partial charge < -0.3 is 5.32 Å². The molecule has 2 aromatic carbocycles. The Kier molecular flexibility index (Phi) is 7.55. The molecule has 0 fully saturated rings. The van der Waals surface area contributed by atoms with Crippen LogP contribution in [0.25, 0.3) is 0 Å². The highest BCUT2D eigenvalue weighted by Crippen LogP contribution is 2.24. The third-order valence-corrected chi connectivity index (χ3v) is 5.47. The molecule has 2 aromatic rings. The summed E-state index contributed by atoms with van der Waals surface area (Å²) >= 11 is 12.1. The number of nitrogens with one attached hydrogen (secondary N) is 1. The molecule has 2 unspecified atom stereocenters. The number of benzene rings is 2. The van der Waals surface area contributed by atoms with Crippen molar-refractivity contribution in [3.05, 3.63) is 69.2 Å². The zero-order valence-corrected chi connectivity index (χ0v) is 17.4. The SMILES string of the molecule is CC(Cc1ccc(C(=O)NC(C)C(C)C)cc1)Cc1ccc(Cl)c(Cl)c1. The maximum atomic E-state index is 12.3. The summed E-state index contributed by atoms with van der Waals surface area (Å²) < 4.78 is 0. The number of amides is 1. The van der Waals surface area contributed by atoms with Crippen molar-refractivity contribution >= 4 is 29.1 Å². The largest absolute Gasteiger partial charge is 0.349 e. The Labute approximate surface area is 166 Å². The van der Waals surface area contributed by atoms with Crippen molar-refractivity contribution in [1.82, 2.24) is 5.32 Å². The lowest BCUT2D eigenvalue weighted by atomic mass is 9.94. The molecule has 0 heterocycles. The van der Waals surface area contributed by atoms with E-state index in [0.717, 1.165) is 12.8 Å². The smallest absolute Gasteiger partial charge is 0.251 e. The Morgan fingerprint density at radius 3 is 2.04 bits per heavy atom. The molecule has 0 bridgehead atoms. The van der Waals surface area contributed by atoms with Gasteiger partial charge in [-0.3, -0.25) is 4.79 Å². The van der Waals surface area contributed by atoms with Gasteiger partial charge in [-0.1, -0.05) is 62.2 Å². The first kappa shape index (κ1) is 20.8. The van der Waals surface area contributed by atoms with E-state index in [2.05, 4.69) is 26.1 Å². The summed E-state index contributed by atoms with van der Waals surface area (Å²) in [6, 6.07) is 13.9. The van der Waals surface area contributed by atoms with E-state index in [-0.39, 0.29) is 11.9 Å². The number of carbonyl (C=O) groups excluding carboxylic acids is 1. The zero-order valence-electron chi connectivity index (χ0n) is 15.9. The first-order valence-electron chi connectivity index (χ1n) is 9.10. The van der Waals surface area contributed by atoms with Gasteiger partial charge in [0.15, 0.2) is 0 Å². The minimum absolute atomic E-state index is 0.0124. The number of hydrogen-bond acceptors (Lipinski definition) is 1. The van der Waals surface area contributed by atoms with Crippen LogP contribution in [-0.4, -0.2) is 11.9 Å². The predicted molar refractivity (Wildman–Crippen MR) is 111 cm³/mol. The van der Waals surface area contributed by atoms with Crippen molar-refractivity contribution < 1.29 is 4.79 Å². The summed E-state index contributed by atoms with van der Waals surface area (Å²) in [5.74, 6) is 0.870. The van der Waals surface area contributed by atoms with Gasteiger partial charge in [0.2, 0.25) is 0 Å². The van der Waals surface area contributed by atoms with Gasteiger partial charge in [-0.05, 0) is 67.0 Å². The van der Waals surface area contributed by atoms with Crippen molar-refractivity contribution in [2.45, 2.75) is 46.6 Å². The summed E-state index contributed by atoms with van der Waals surface area (Å²) in [6.45, 7) is 8.45. The number of rotatable bonds is 7. The average molecular weight is 392 g/mol. The van der Waals surface area contributed by atoms with Crippen LogP contribution < -0.4 is 5.32 Å². The van der Waals surface area contributed by atoms with E-state index in [9.17, 15) is 4.79 Å². The quantitative estimate of drug-likeness (QED) is 0.598. The fourth-order valence-electron chi connectivity index (χ4n) is 2.79. The Morgan fingerprint density at radius 2 is 1.46 bits per heavy atom. The van der Waals surface area contributed by atoms with Crippen LogP contribution in [0.2, 0.25) is 10.0 Å². The lowest BCUT2D eigenvalue weighted by molar-refractivity contribution is 0.0930. The molecule has 26 heavy (non-hydrogen) atoms. The van der Waals surface area contributed by atoms with Gasteiger partial charge in [0, 0.05) is 11.6 Å². The molecular formula is C22H27Cl2NO. The number of carbonyl (C=O) groups is 1. The van der Waals surface area contributed by atoms with E-state index in [1.165, 1.54) is 11.1 Å². The molecule has 0 saturated heterocycles. The molecule has 0 aliphatic heterocycles. The summed E-state index contributed by atoms with van der Waals surface area (Å²) in [5.41, 5.74) is 3.12. The topological polar surface area (TPSA) is 29.1 Å². The van der Waals surface area contributed by atoms with Crippen molar-refractivity contribution in [2.24, 2.45) is 11.8 Å². The second-order valence-electron chi connectivity index (χ2n) is 7.46. The van der Waals surface area contributed by atoms with E-state index >= 15 is 0 Å². The minimum Gasteiger partial charge on any atom is -0.349 e. The van der Waals surface area contributed by atoms with Crippen LogP contribution in [0.1, 0.15) is 49.2 Å². The predicted octanol–water partition coefficient (Wildman–Crippen LogP) is 6.19. The maximum absolute atomic E-state index is 12.3. The Bertz CT molecular complexity index is 740. The standard InChI is InChI=1S/C22H27Cl2NO/c1-14(2)16(4)25-22(26)19-8-5-17(6-9-19)11-15(3)12-18-7-10-20(23)21(24)13-18/h5-10,13-16H,11-12H2,1-4H3,(H,25,26). The normalized spacial score (nSPS) is 13.5. The summed E-state index contributed by atoms with van der Waals surface area (Å²) in [4.78, 5) is 12.3. The van der Waals surface area contributed by atoms with Gasteiger partial charge in [0.25, 0.3) is 5.91 Å². The average Bonchev–Trinajstić information content (AvgIpc) is 2.58. The zero-order chi connectivity index (χ0) is 19.3. The van der Waals surface area contributed by atoms with Gasteiger partial charge in [-0.25, -0.2) is 0 Å². The monoisotopic (exact) mass is 391 g/mol. The second-order valence-corrected chi connectivity index (χ2v) is 8.28. The molecule has 0 radical (unpaired) electrons. The summed E-state index contributed by atoms with van der Waals surface area (Å²) in [7, 11) is 0. The fraction of sp³-hybridized carbons (Fsp3) is 0.409. The second kappa shape index (κ2) is 9.43. The molecule has 4 heteroatoms. The first-order chi connectivity index (χ1) is 12.3. The molecule has 140 valence electrons. The molecule has 0 saturated carbocycles. The summed E-state index contributed by atoms with van der Waals surface area (Å²) in [5, 5.41) is 4.22. The van der Waals surface area contributed by atoms with Crippen LogP contribution in [0.3, 0.4) is 0 Å². The highest BCUT2D eigenvalue weighted by molar-refractivity contribution is 6.42. The highest BCUT2D eigenvalue weighted by atomic mass is 35.5. The van der Waals surface area contributed by atoms with E-state index in [1.807, 2.05) is 49.4 Å². The summed E-state index contributed by atoms with van der Waals surface area (Å²) in [6.07, 6.45) is 1.88. The van der Waals surface area contributed by atoms with E-state index < -0.39 is 0 Å². The molecule has 1 amide bonds. The molecule has 2 rings (SSSR count). The Morgan fingerprint density at radius 1 is 0.885 bits per heavy atom. The van der Waals surface area contributed by atoms with E-state index in [4.69, 9.17) is 23.2 Å². The fourth-order valence-corrected chi connectivity index (χ4v) is 3.11. The van der Waals surface area contributed by atoms with Crippen LogP contribution in [0.5, 0.6) is 0 Å². The van der Waals surface area contributed by atoms with Crippen molar-refractivity contribution in [3.63, 3.8) is 0 Å². The molecule has 0 aromatic heterocycles. The van der Waals surface area contributed by atoms with Crippen molar-refractivity contribution in [2.75, 3.05) is 0 Å². The molecule has 0 spiro atoms. The van der Waals surface area contributed by atoms with Gasteiger partial charge in [-0.2, -0.15) is 0 Å². The number of hydrogen-bond donors (Lipinski definition) is 1. The van der Waals surface area contributed by atoms with Gasteiger partial charge in [-0.15, -0.1) is 0 Å². The maximum Gasteiger partial charge on any atom is 0.251 e. The Hall–Kier alpha value is -1.51. The van der Waals surface area contributed by atoms with E-state index in [1.54, 1.807) is 0 Å². The molecule has 1 N–H and O–H groups in total. The molecule has 0 aliphatic carbocycles. The lowest BCUT2D eigenvalue weighted by Gasteiger charge is -2.17. The molecular weight excluding hydrogens is 365 g/mol. The molecule has 2 nitrogen and oxygen atoms in total. The van der Waals surface area contributed by atoms with Crippen LogP contribution in [0.4, 0.5) is 0 Å². The van der Waals surface area contributed by atoms with Crippen LogP contribution >= 0.6 is 23.2 Å². The lowest BCUT2D eigenvalue weighted by Crippen LogP contribution is -2.36. The van der Waals surface area contributed by atoms with Crippen LogP contribution in [0.15, 0.2) is 42.5 Å². The highest BCUT2D eigenvalue weighted by Gasteiger charge is 2.13. The van der Waals surface area contributed by atoms with Gasteiger partial charge in [0.05, 0.1) is 10.0 Å².